The van der Waals surface area contributed by atoms with Gasteiger partial charge in [0.25, 0.3) is 5.91 Å². The number of hydrogen-bond acceptors (Lipinski definition) is 4. The molecule has 7 heteroatoms. The van der Waals surface area contributed by atoms with E-state index in [0.717, 1.165) is 5.01 Å². The Morgan fingerprint density at radius 2 is 2.31 bits per heavy atom. The smallest absolute Gasteiger partial charge is 0.426 e. The number of carboxylic acid groups (broad SMARTS) is 1. The molecule has 0 atom stereocenters. The molecule has 2 amide bonds. The van der Waals surface area contributed by atoms with Crippen LogP contribution in [-0.4, -0.2) is 33.8 Å². The summed E-state index contributed by atoms with van der Waals surface area (Å²) in [5.74, 6) is -0.509. The third-order valence-electron chi connectivity index (χ3n) is 1.69. The fraction of sp³-hybridized carbons (Fsp3) is 0.444. The van der Waals surface area contributed by atoms with Crippen molar-refractivity contribution < 1.29 is 19.2 Å². The molecule has 0 bridgehead atoms. The van der Waals surface area contributed by atoms with Crippen molar-refractivity contribution >= 4 is 12.0 Å². The number of hydrazine groups is 1. The number of aromatic nitrogens is 1. The number of nitrogens with one attached hydrogen (secondary N) is 1. The molecule has 88 valence electrons. The first kappa shape index (κ1) is 12.0. The lowest BCUT2D eigenvalue weighted by Gasteiger charge is -2.20. The lowest BCUT2D eigenvalue weighted by atomic mass is 10.2. The average Bonchev–Trinajstić information content (AvgIpc) is 2.68. The van der Waals surface area contributed by atoms with Crippen molar-refractivity contribution in [3.8, 4) is 0 Å². The zero-order chi connectivity index (χ0) is 12.1. The fourth-order valence-electron chi connectivity index (χ4n) is 1.05. The lowest BCUT2D eigenvalue weighted by molar-refractivity contribution is 0.0723. The van der Waals surface area contributed by atoms with Crippen LogP contribution in [0.2, 0.25) is 0 Å². The summed E-state index contributed by atoms with van der Waals surface area (Å²) in [6.07, 6.45) is 0.0215. The molecule has 0 aliphatic carbocycles. The highest BCUT2D eigenvalue weighted by atomic mass is 16.5. The first-order valence-electron chi connectivity index (χ1n) is 4.72. The summed E-state index contributed by atoms with van der Waals surface area (Å²) < 4.78 is 4.48. The van der Waals surface area contributed by atoms with E-state index in [9.17, 15) is 9.59 Å². The van der Waals surface area contributed by atoms with Crippen LogP contribution < -0.4 is 5.43 Å². The van der Waals surface area contributed by atoms with Gasteiger partial charge in [0.2, 0.25) is 0 Å². The van der Waals surface area contributed by atoms with Crippen molar-refractivity contribution in [1.82, 2.24) is 15.6 Å². The third-order valence-corrected chi connectivity index (χ3v) is 1.69. The third kappa shape index (κ3) is 3.26. The second-order valence-corrected chi connectivity index (χ2v) is 3.61. The topological polar surface area (TPSA) is 95.7 Å². The van der Waals surface area contributed by atoms with E-state index in [2.05, 4.69) is 15.1 Å². The van der Waals surface area contributed by atoms with Crippen LogP contribution in [0.25, 0.3) is 0 Å². The van der Waals surface area contributed by atoms with Gasteiger partial charge >= 0.3 is 6.09 Å². The molecule has 0 saturated carbocycles. The summed E-state index contributed by atoms with van der Waals surface area (Å²) in [6, 6.07) is 1.35. The zero-order valence-corrected chi connectivity index (χ0v) is 9.01. The predicted octanol–water partition coefficient (Wildman–Crippen LogP) is 0.955. The largest absolute Gasteiger partial charge is 0.464 e. The molecule has 7 nitrogen and oxygen atoms in total. The molecule has 0 spiro atoms. The first-order valence-corrected chi connectivity index (χ1v) is 4.72. The van der Waals surface area contributed by atoms with Gasteiger partial charge in [-0.25, -0.2) is 9.80 Å². The summed E-state index contributed by atoms with van der Waals surface area (Å²) in [5, 5.41) is 13.1. The van der Waals surface area contributed by atoms with E-state index < -0.39 is 12.0 Å². The van der Waals surface area contributed by atoms with Gasteiger partial charge in [0.1, 0.15) is 6.26 Å². The number of hydrogen-bond donors (Lipinski definition) is 2. The van der Waals surface area contributed by atoms with E-state index in [1.54, 1.807) is 0 Å². The zero-order valence-electron chi connectivity index (χ0n) is 9.01. The molecule has 1 aromatic heterocycles. The maximum atomic E-state index is 11.5. The van der Waals surface area contributed by atoms with Gasteiger partial charge in [-0.1, -0.05) is 19.0 Å². The first-order chi connectivity index (χ1) is 7.50. The molecule has 1 heterocycles. The second-order valence-electron chi connectivity index (χ2n) is 3.61. The minimum atomic E-state index is -1.22. The van der Waals surface area contributed by atoms with Gasteiger partial charge in [0.05, 0.1) is 0 Å². The van der Waals surface area contributed by atoms with E-state index >= 15 is 0 Å². The molecule has 2 N–H and O–H groups in total. The molecule has 0 aliphatic heterocycles. The molecular formula is C9H13N3O4. The van der Waals surface area contributed by atoms with Crippen molar-refractivity contribution in [3.63, 3.8) is 0 Å². The quantitative estimate of drug-likeness (QED) is 0.749. The monoisotopic (exact) mass is 227 g/mol. The van der Waals surface area contributed by atoms with Gasteiger partial charge in [0.15, 0.2) is 5.69 Å². The van der Waals surface area contributed by atoms with Gasteiger partial charge in [-0.15, -0.1) is 0 Å². The van der Waals surface area contributed by atoms with Crippen LogP contribution in [0.5, 0.6) is 0 Å². The van der Waals surface area contributed by atoms with Gasteiger partial charge in [0, 0.05) is 12.6 Å². The van der Waals surface area contributed by atoms with Gasteiger partial charge in [-0.05, 0) is 5.92 Å². The number of rotatable bonds is 3. The Hall–Kier alpha value is -2.05. The number of carbonyl (C=O) groups is 2. The van der Waals surface area contributed by atoms with Crippen LogP contribution in [0.15, 0.2) is 16.9 Å². The van der Waals surface area contributed by atoms with E-state index in [0.29, 0.717) is 0 Å². The van der Waals surface area contributed by atoms with E-state index in [1.165, 1.54) is 12.3 Å². The fourth-order valence-corrected chi connectivity index (χ4v) is 1.05. The van der Waals surface area contributed by atoms with Crippen molar-refractivity contribution in [2.75, 3.05) is 6.54 Å². The highest BCUT2D eigenvalue weighted by Crippen LogP contribution is 1.99. The Bertz CT molecular complexity index is 361. The van der Waals surface area contributed by atoms with Crippen molar-refractivity contribution in [1.29, 1.82) is 0 Å². The van der Waals surface area contributed by atoms with Crippen LogP contribution in [-0.2, 0) is 0 Å². The molecule has 0 aliphatic rings. The normalized spacial score (nSPS) is 10.2. The van der Waals surface area contributed by atoms with Gasteiger partial charge < -0.3 is 9.63 Å². The Labute approximate surface area is 92.0 Å². The summed E-state index contributed by atoms with van der Waals surface area (Å²) in [7, 11) is 0. The minimum Gasteiger partial charge on any atom is -0.464 e. The van der Waals surface area contributed by atoms with Crippen LogP contribution in [0.1, 0.15) is 24.3 Å². The number of nitrogens with zero attached hydrogens (tertiary/aromatic N) is 2. The SMILES string of the molecule is CC(C)CN(NC(=O)c1ccon1)C(=O)O. The molecule has 1 aromatic rings. The molecular weight excluding hydrogens is 214 g/mol. The minimum absolute atomic E-state index is 0.0370. The molecule has 0 aromatic carbocycles. The standard InChI is InChI=1S/C9H13N3O4/c1-6(2)5-12(9(14)15)10-8(13)7-3-4-16-11-7/h3-4,6H,5H2,1-2H3,(H,10,13)(H,14,15). The molecule has 1 rings (SSSR count). The van der Waals surface area contributed by atoms with Crippen LogP contribution in [0.4, 0.5) is 4.79 Å². The number of amides is 2. The highest BCUT2D eigenvalue weighted by molar-refractivity contribution is 5.92. The highest BCUT2D eigenvalue weighted by Gasteiger charge is 2.18. The summed E-state index contributed by atoms with van der Waals surface area (Å²) in [5.41, 5.74) is 2.26. The average molecular weight is 227 g/mol. The van der Waals surface area contributed by atoms with Crippen molar-refractivity contribution in [2.24, 2.45) is 5.92 Å². The second kappa shape index (κ2) is 5.15. The summed E-state index contributed by atoms with van der Waals surface area (Å²) in [6.45, 7) is 3.90. The van der Waals surface area contributed by atoms with Crippen LogP contribution in [0.3, 0.4) is 0 Å². The molecule has 0 fully saturated rings. The predicted molar refractivity (Wildman–Crippen MR) is 53.5 cm³/mol. The molecule has 0 radical (unpaired) electrons. The Morgan fingerprint density at radius 1 is 1.62 bits per heavy atom. The summed E-state index contributed by atoms with van der Waals surface area (Å²) in [4.78, 5) is 22.3. The Balaban J connectivity index is 2.62. The molecule has 16 heavy (non-hydrogen) atoms. The Morgan fingerprint density at radius 3 is 2.75 bits per heavy atom. The maximum absolute atomic E-state index is 11.5. The van der Waals surface area contributed by atoms with E-state index in [1.807, 2.05) is 13.8 Å². The Kier molecular flexibility index (Phi) is 3.87. The van der Waals surface area contributed by atoms with Gasteiger partial charge in [-0.2, -0.15) is 0 Å². The van der Waals surface area contributed by atoms with Crippen LogP contribution >= 0.6 is 0 Å². The lowest BCUT2D eigenvalue weighted by Crippen LogP contribution is -2.47. The maximum Gasteiger partial charge on any atom is 0.426 e. The summed E-state index contributed by atoms with van der Waals surface area (Å²) >= 11 is 0. The number of carbonyl (C=O) groups excluding carboxylic acids is 1. The van der Waals surface area contributed by atoms with Gasteiger partial charge in [-0.3, -0.25) is 10.2 Å². The van der Waals surface area contributed by atoms with Crippen LogP contribution in [0, 0.1) is 5.92 Å². The molecule has 0 saturated heterocycles. The van der Waals surface area contributed by atoms with Crippen molar-refractivity contribution in [3.05, 3.63) is 18.0 Å². The molecule has 0 unspecified atom stereocenters. The van der Waals surface area contributed by atoms with Crippen molar-refractivity contribution in [2.45, 2.75) is 13.8 Å². The van der Waals surface area contributed by atoms with E-state index in [4.69, 9.17) is 5.11 Å². The van der Waals surface area contributed by atoms with E-state index in [-0.39, 0.29) is 18.2 Å².